The van der Waals surface area contributed by atoms with Gasteiger partial charge in [0.1, 0.15) is 11.6 Å². The van der Waals surface area contributed by atoms with Crippen LogP contribution in [0.4, 0.5) is 0 Å². The van der Waals surface area contributed by atoms with E-state index in [1.807, 2.05) is 28.8 Å². The zero-order valence-corrected chi connectivity index (χ0v) is 13.7. The summed E-state index contributed by atoms with van der Waals surface area (Å²) >= 11 is 5.02. The fourth-order valence-corrected chi connectivity index (χ4v) is 2.82. The number of hydrogen-bond donors (Lipinski definition) is 1. The molecule has 2 N–H and O–H groups in total. The van der Waals surface area contributed by atoms with E-state index in [2.05, 4.69) is 33.1 Å². The first-order valence-electron chi connectivity index (χ1n) is 6.38. The Morgan fingerprint density at radius 3 is 2.70 bits per heavy atom. The summed E-state index contributed by atoms with van der Waals surface area (Å²) in [6.45, 7) is 3.93. The summed E-state index contributed by atoms with van der Waals surface area (Å²) in [7, 11) is 0. The van der Waals surface area contributed by atoms with Gasteiger partial charge in [-0.05, 0) is 31.2 Å². The molecule has 0 fully saturated rings. The molecule has 20 heavy (non-hydrogen) atoms. The Morgan fingerprint density at radius 1 is 1.30 bits per heavy atom. The van der Waals surface area contributed by atoms with Crippen molar-refractivity contribution < 1.29 is 4.74 Å². The third-order valence-electron chi connectivity index (χ3n) is 2.69. The van der Waals surface area contributed by atoms with Gasteiger partial charge in [0.25, 0.3) is 0 Å². The van der Waals surface area contributed by atoms with Crippen LogP contribution >= 0.6 is 27.7 Å². The third-order valence-corrected chi connectivity index (χ3v) is 4.15. The smallest absolute Gasteiger partial charge is 0.191 e. The summed E-state index contributed by atoms with van der Waals surface area (Å²) in [6, 6.07) is 7.80. The first-order chi connectivity index (χ1) is 9.74. The maximum Gasteiger partial charge on any atom is 0.191 e. The van der Waals surface area contributed by atoms with Crippen LogP contribution in [-0.4, -0.2) is 27.1 Å². The molecular weight excluding hydrogens is 340 g/mol. The number of aromatic nitrogens is 3. The van der Waals surface area contributed by atoms with Crippen LogP contribution in [0.2, 0.25) is 0 Å². The normalized spacial score (nSPS) is 10.8. The maximum absolute atomic E-state index is 5.67. The van der Waals surface area contributed by atoms with Crippen LogP contribution < -0.4 is 10.5 Å². The van der Waals surface area contributed by atoms with Crippen molar-refractivity contribution in [3.63, 3.8) is 0 Å². The van der Waals surface area contributed by atoms with Crippen LogP contribution in [0.1, 0.15) is 12.7 Å². The van der Waals surface area contributed by atoms with Gasteiger partial charge in [-0.25, -0.2) is 0 Å². The summed E-state index contributed by atoms with van der Waals surface area (Å²) < 4.78 is 8.74. The van der Waals surface area contributed by atoms with Crippen LogP contribution in [0.3, 0.4) is 0 Å². The van der Waals surface area contributed by atoms with Gasteiger partial charge in [0.05, 0.1) is 13.2 Å². The number of nitrogens with zero attached hydrogens (tertiary/aromatic N) is 3. The lowest BCUT2D eigenvalue weighted by atomic mass is 10.3. The maximum atomic E-state index is 5.67. The highest BCUT2D eigenvalue weighted by atomic mass is 79.9. The highest BCUT2D eigenvalue weighted by Crippen LogP contribution is 2.19. The molecule has 108 valence electrons. The molecule has 0 atom stereocenters. The minimum atomic E-state index is 0.413. The number of hydrogen-bond acceptors (Lipinski definition) is 5. The number of thioether (sulfide) groups is 1. The fraction of sp³-hybridized carbons (Fsp3) is 0.385. The van der Waals surface area contributed by atoms with Crippen molar-refractivity contribution in [2.24, 2.45) is 5.73 Å². The van der Waals surface area contributed by atoms with Gasteiger partial charge in [-0.2, -0.15) is 0 Å². The van der Waals surface area contributed by atoms with Crippen molar-refractivity contribution >= 4 is 27.7 Å². The number of benzene rings is 1. The quantitative estimate of drug-likeness (QED) is 0.610. The first kappa shape index (κ1) is 15.3. The van der Waals surface area contributed by atoms with Crippen LogP contribution in [0.25, 0.3) is 0 Å². The Morgan fingerprint density at radius 2 is 2.05 bits per heavy atom. The van der Waals surface area contributed by atoms with Gasteiger partial charge in [0, 0.05) is 16.8 Å². The minimum absolute atomic E-state index is 0.413. The predicted octanol–water partition coefficient (Wildman–Crippen LogP) is 2.69. The van der Waals surface area contributed by atoms with E-state index >= 15 is 0 Å². The van der Waals surface area contributed by atoms with Crippen LogP contribution in [0.15, 0.2) is 33.9 Å². The van der Waals surface area contributed by atoms with E-state index in [9.17, 15) is 0 Å². The Hall–Kier alpha value is -1.05. The average Bonchev–Trinajstić information content (AvgIpc) is 2.87. The Balaban J connectivity index is 1.81. The predicted molar refractivity (Wildman–Crippen MR) is 83.9 cm³/mol. The van der Waals surface area contributed by atoms with Gasteiger partial charge in [0.2, 0.25) is 0 Å². The van der Waals surface area contributed by atoms with Crippen molar-refractivity contribution in [1.29, 1.82) is 0 Å². The second-order valence-electron chi connectivity index (χ2n) is 4.00. The SMILES string of the molecule is CCn1c(CN)nnc1SCCOc1ccc(Br)cc1. The molecule has 0 aliphatic heterocycles. The largest absolute Gasteiger partial charge is 0.493 e. The van der Waals surface area contributed by atoms with Crippen LogP contribution in [-0.2, 0) is 13.1 Å². The lowest BCUT2D eigenvalue weighted by Gasteiger charge is -2.07. The molecule has 0 saturated heterocycles. The van der Waals surface area contributed by atoms with E-state index in [-0.39, 0.29) is 0 Å². The highest BCUT2D eigenvalue weighted by Gasteiger charge is 2.09. The second kappa shape index (κ2) is 7.66. The lowest BCUT2D eigenvalue weighted by molar-refractivity contribution is 0.343. The molecule has 2 aromatic rings. The van der Waals surface area contributed by atoms with Crippen LogP contribution in [0, 0.1) is 0 Å². The molecule has 0 spiro atoms. The van der Waals surface area contributed by atoms with E-state index in [1.54, 1.807) is 11.8 Å². The molecule has 5 nitrogen and oxygen atoms in total. The molecule has 0 unspecified atom stereocenters. The average molecular weight is 357 g/mol. The summed E-state index contributed by atoms with van der Waals surface area (Å²) in [5, 5.41) is 9.12. The molecule has 1 aromatic carbocycles. The third kappa shape index (κ3) is 3.97. The van der Waals surface area contributed by atoms with Gasteiger partial charge in [-0.1, -0.05) is 27.7 Å². The minimum Gasteiger partial charge on any atom is -0.493 e. The zero-order valence-electron chi connectivity index (χ0n) is 11.3. The Bertz CT molecular complexity index is 544. The van der Waals surface area contributed by atoms with E-state index in [0.717, 1.165) is 33.5 Å². The molecule has 0 aliphatic carbocycles. The molecule has 0 radical (unpaired) electrons. The van der Waals surface area contributed by atoms with Crippen LogP contribution in [0.5, 0.6) is 5.75 Å². The summed E-state index contributed by atoms with van der Waals surface area (Å²) in [6.07, 6.45) is 0. The summed E-state index contributed by atoms with van der Waals surface area (Å²) in [5.74, 6) is 2.51. The van der Waals surface area contributed by atoms with Gasteiger partial charge >= 0.3 is 0 Å². The monoisotopic (exact) mass is 356 g/mol. The van der Waals surface area contributed by atoms with E-state index in [4.69, 9.17) is 10.5 Å². The van der Waals surface area contributed by atoms with Gasteiger partial charge in [0.15, 0.2) is 5.16 Å². The van der Waals surface area contributed by atoms with E-state index in [0.29, 0.717) is 13.2 Å². The molecule has 0 bridgehead atoms. The zero-order chi connectivity index (χ0) is 14.4. The molecule has 1 heterocycles. The number of ether oxygens (including phenoxy) is 1. The van der Waals surface area contributed by atoms with E-state index < -0.39 is 0 Å². The lowest BCUT2D eigenvalue weighted by Crippen LogP contribution is -2.08. The summed E-state index contributed by atoms with van der Waals surface area (Å²) in [5.41, 5.74) is 5.62. The van der Waals surface area contributed by atoms with Gasteiger partial charge < -0.3 is 15.0 Å². The molecule has 0 saturated carbocycles. The van der Waals surface area contributed by atoms with Gasteiger partial charge in [-0.15, -0.1) is 10.2 Å². The van der Waals surface area contributed by atoms with Gasteiger partial charge in [-0.3, -0.25) is 0 Å². The summed E-state index contributed by atoms with van der Waals surface area (Å²) in [4.78, 5) is 0. The first-order valence-corrected chi connectivity index (χ1v) is 8.15. The number of rotatable bonds is 7. The molecule has 7 heteroatoms. The highest BCUT2D eigenvalue weighted by molar-refractivity contribution is 9.10. The van der Waals surface area contributed by atoms with Crippen molar-refractivity contribution in [3.8, 4) is 5.75 Å². The number of nitrogens with two attached hydrogens (primary N) is 1. The molecule has 0 amide bonds. The van der Waals surface area contributed by atoms with E-state index in [1.165, 1.54) is 0 Å². The fourth-order valence-electron chi connectivity index (χ4n) is 1.72. The standard InChI is InChI=1S/C13H17BrN4OS/c1-2-18-12(9-15)16-17-13(18)20-8-7-19-11-5-3-10(14)4-6-11/h3-6H,2,7-9,15H2,1H3. The second-order valence-corrected chi connectivity index (χ2v) is 5.98. The molecule has 2 rings (SSSR count). The van der Waals surface area contributed by atoms with Crippen molar-refractivity contribution in [2.75, 3.05) is 12.4 Å². The van der Waals surface area contributed by atoms with Crippen molar-refractivity contribution in [1.82, 2.24) is 14.8 Å². The Labute approximate surface area is 131 Å². The van der Waals surface area contributed by atoms with Crippen molar-refractivity contribution in [2.45, 2.75) is 25.2 Å². The molecule has 0 aliphatic rings. The topological polar surface area (TPSA) is 66.0 Å². The molecule has 1 aromatic heterocycles. The van der Waals surface area contributed by atoms with Crippen molar-refractivity contribution in [3.05, 3.63) is 34.6 Å². The molecular formula is C13H17BrN4OS. The number of halogens is 1. The Kier molecular flexibility index (Phi) is 5.87.